The summed E-state index contributed by atoms with van der Waals surface area (Å²) in [6, 6.07) is 0. The third kappa shape index (κ3) is 33.6. The highest BCUT2D eigenvalue weighted by Crippen LogP contribution is 2.14. The molecule has 0 amide bonds. The number of nitrogens with zero attached hydrogens (tertiary/aromatic N) is 1. The van der Waals surface area contributed by atoms with Crippen LogP contribution in [-0.2, 0) is 0 Å². The highest BCUT2D eigenvalue weighted by molar-refractivity contribution is 4.82. The zero-order chi connectivity index (χ0) is 29.2. The van der Waals surface area contributed by atoms with Crippen LogP contribution in [0.15, 0.2) is 24.3 Å². The fourth-order valence-electron chi connectivity index (χ4n) is 5.68. The van der Waals surface area contributed by atoms with E-state index in [0.29, 0.717) is 0 Å². The molecule has 0 saturated heterocycles. The van der Waals surface area contributed by atoms with Crippen molar-refractivity contribution in [3.05, 3.63) is 29.5 Å². The van der Waals surface area contributed by atoms with Crippen LogP contribution in [0, 0.1) is 5.21 Å². The summed E-state index contributed by atoms with van der Waals surface area (Å²) in [6.45, 7) is 6.20. The van der Waals surface area contributed by atoms with Crippen LogP contribution in [0.25, 0.3) is 0 Å². The van der Waals surface area contributed by atoms with E-state index < -0.39 is 0 Å². The highest BCUT2D eigenvalue weighted by atomic mass is 16.5. The molecule has 0 fully saturated rings. The van der Waals surface area contributed by atoms with Gasteiger partial charge < -0.3 is 9.85 Å². The summed E-state index contributed by atoms with van der Waals surface area (Å²) in [7, 11) is 1.90. The quantitative estimate of drug-likeness (QED) is 0.0338. The summed E-state index contributed by atoms with van der Waals surface area (Å²) in [5.41, 5.74) is 0. The zero-order valence-electron chi connectivity index (χ0n) is 28.1. The molecular formula is C38H75NO. The first-order valence-corrected chi connectivity index (χ1v) is 18.5. The molecule has 1 unspecified atom stereocenters. The number of rotatable bonds is 33. The van der Waals surface area contributed by atoms with Gasteiger partial charge in [0.25, 0.3) is 0 Å². The summed E-state index contributed by atoms with van der Waals surface area (Å²) >= 11 is 0. The van der Waals surface area contributed by atoms with Gasteiger partial charge in [-0.25, -0.2) is 0 Å². The SMILES string of the molecule is CCCCCCCC/C=C\CCCCCCCCC[N+](C)([O-])CCCCCCCC/C=C\CCCCCCCC. The van der Waals surface area contributed by atoms with E-state index in [-0.39, 0.29) is 4.65 Å². The van der Waals surface area contributed by atoms with Gasteiger partial charge in [-0.1, -0.05) is 147 Å². The van der Waals surface area contributed by atoms with Gasteiger partial charge in [-0.15, -0.1) is 0 Å². The lowest BCUT2D eigenvalue weighted by Crippen LogP contribution is -2.39. The average Bonchev–Trinajstić information content (AvgIpc) is 2.94. The minimum atomic E-state index is -0.0194. The smallest absolute Gasteiger partial charge is 0.0781 e. The van der Waals surface area contributed by atoms with Gasteiger partial charge >= 0.3 is 0 Å². The van der Waals surface area contributed by atoms with Gasteiger partial charge in [0.2, 0.25) is 0 Å². The van der Waals surface area contributed by atoms with Crippen LogP contribution >= 0.6 is 0 Å². The molecule has 1 atom stereocenters. The lowest BCUT2D eigenvalue weighted by Gasteiger charge is -2.39. The first-order chi connectivity index (χ1) is 19.6. The maximum atomic E-state index is 12.7. The lowest BCUT2D eigenvalue weighted by atomic mass is 10.1. The molecule has 0 N–H and O–H groups in total. The van der Waals surface area contributed by atoms with Crippen LogP contribution in [0.3, 0.4) is 0 Å². The number of quaternary nitrogens is 1. The Morgan fingerprint density at radius 2 is 0.575 bits per heavy atom. The second-order valence-corrected chi connectivity index (χ2v) is 13.0. The molecule has 0 aromatic carbocycles. The van der Waals surface area contributed by atoms with Crippen molar-refractivity contribution in [2.24, 2.45) is 0 Å². The average molecular weight is 562 g/mol. The Hall–Kier alpha value is -0.600. The molecule has 0 aromatic heterocycles. The van der Waals surface area contributed by atoms with Crippen LogP contribution < -0.4 is 0 Å². The molecule has 2 nitrogen and oxygen atoms in total. The number of allylic oxidation sites excluding steroid dienone is 4. The molecule has 40 heavy (non-hydrogen) atoms. The molecule has 0 radical (unpaired) electrons. The van der Waals surface area contributed by atoms with E-state index >= 15 is 0 Å². The summed E-state index contributed by atoms with van der Waals surface area (Å²) < 4.78 is -0.0194. The molecule has 238 valence electrons. The van der Waals surface area contributed by atoms with Crippen LogP contribution in [0.4, 0.5) is 0 Å². The first-order valence-electron chi connectivity index (χ1n) is 18.5. The molecular weight excluding hydrogens is 486 g/mol. The van der Waals surface area contributed by atoms with Crippen molar-refractivity contribution < 1.29 is 4.65 Å². The van der Waals surface area contributed by atoms with Gasteiger partial charge in [-0.3, -0.25) is 0 Å². The van der Waals surface area contributed by atoms with Crippen molar-refractivity contribution in [2.75, 3.05) is 20.1 Å². The highest BCUT2D eigenvalue weighted by Gasteiger charge is 2.09. The van der Waals surface area contributed by atoms with Crippen LogP contribution in [0.1, 0.15) is 200 Å². The first kappa shape index (κ1) is 39.4. The third-order valence-corrected chi connectivity index (χ3v) is 8.54. The van der Waals surface area contributed by atoms with Crippen molar-refractivity contribution in [3.63, 3.8) is 0 Å². The molecule has 0 bridgehead atoms. The molecule has 0 aliphatic carbocycles. The van der Waals surface area contributed by atoms with E-state index in [0.717, 1.165) is 25.9 Å². The minimum Gasteiger partial charge on any atom is -0.633 e. The fraction of sp³-hybridized carbons (Fsp3) is 0.895. The zero-order valence-corrected chi connectivity index (χ0v) is 28.1. The summed E-state index contributed by atoms with van der Waals surface area (Å²) in [5.74, 6) is 0. The molecule has 0 heterocycles. The Labute approximate surface area is 254 Å². The van der Waals surface area contributed by atoms with Gasteiger partial charge in [0.05, 0.1) is 20.1 Å². The second-order valence-electron chi connectivity index (χ2n) is 13.0. The predicted molar refractivity (Wildman–Crippen MR) is 183 cm³/mol. The molecule has 0 aliphatic rings. The van der Waals surface area contributed by atoms with Gasteiger partial charge in [-0.2, -0.15) is 0 Å². The number of hydroxylamine groups is 3. The van der Waals surface area contributed by atoms with Crippen molar-refractivity contribution in [2.45, 2.75) is 200 Å². The molecule has 2 heteroatoms. The van der Waals surface area contributed by atoms with Gasteiger partial charge in [0, 0.05) is 0 Å². The minimum absolute atomic E-state index is 0.0194. The second kappa shape index (κ2) is 32.9. The van der Waals surface area contributed by atoms with E-state index in [1.165, 1.54) is 173 Å². The normalized spacial score (nSPS) is 13.6. The molecule has 0 aromatic rings. The Kier molecular flexibility index (Phi) is 32.4. The largest absolute Gasteiger partial charge is 0.633 e. The Morgan fingerprint density at radius 3 is 0.850 bits per heavy atom. The molecule has 0 saturated carbocycles. The Morgan fingerprint density at radius 1 is 0.350 bits per heavy atom. The van der Waals surface area contributed by atoms with Gasteiger partial charge in [0.1, 0.15) is 0 Å². The van der Waals surface area contributed by atoms with Gasteiger partial charge in [0.15, 0.2) is 0 Å². The van der Waals surface area contributed by atoms with E-state index in [9.17, 15) is 5.21 Å². The van der Waals surface area contributed by atoms with Crippen molar-refractivity contribution in [3.8, 4) is 0 Å². The maximum absolute atomic E-state index is 12.7. The summed E-state index contributed by atoms with van der Waals surface area (Å²) in [6.07, 6.45) is 48.2. The molecule has 0 spiro atoms. The molecule has 0 rings (SSSR count). The predicted octanol–water partition coefficient (Wildman–Crippen LogP) is 13.4. The Bertz CT molecular complexity index is 524. The summed E-state index contributed by atoms with van der Waals surface area (Å²) in [5, 5.41) is 12.7. The van der Waals surface area contributed by atoms with Crippen LogP contribution in [0.2, 0.25) is 0 Å². The van der Waals surface area contributed by atoms with Gasteiger partial charge in [-0.05, 0) is 77.0 Å². The van der Waals surface area contributed by atoms with E-state index in [4.69, 9.17) is 0 Å². The lowest BCUT2D eigenvalue weighted by molar-refractivity contribution is -0.861. The van der Waals surface area contributed by atoms with Crippen molar-refractivity contribution in [1.82, 2.24) is 0 Å². The van der Waals surface area contributed by atoms with Crippen LogP contribution in [0.5, 0.6) is 0 Å². The number of unbranched alkanes of at least 4 members (excludes halogenated alkanes) is 25. The third-order valence-electron chi connectivity index (χ3n) is 8.54. The van der Waals surface area contributed by atoms with E-state index in [2.05, 4.69) is 38.2 Å². The van der Waals surface area contributed by atoms with E-state index in [1.54, 1.807) is 0 Å². The number of hydrogen-bond acceptors (Lipinski definition) is 1. The van der Waals surface area contributed by atoms with Crippen LogP contribution in [-0.4, -0.2) is 24.8 Å². The topological polar surface area (TPSA) is 23.1 Å². The standard InChI is InChI=1S/C38H75NO/c1-4-6-8-10-12-14-16-18-20-22-24-26-28-30-32-34-36-38-39(3,40)37-35-33-31-29-27-25-23-21-19-17-15-13-11-9-7-5-2/h18-21H,4-17,22-38H2,1-3H3/b20-18-,21-19-. The maximum Gasteiger partial charge on any atom is 0.0781 e. The fourth-order valence-corrected chi connectivity index (χ4v) is 5.68. The monoisotopic (exact) mass is 562 g/mol. The molecule has 0 aliphatic heterocycles. The van der Waals surface area contributed by atoms with E-state index in [1.807, 2.05) is 7.05 Å². The summed E-state index contributed by atoms with van der Waals surface area (Å²) in [4.78, 5) is 0. The van der Waals surface area contributed by atoms with Crippen molar-refractivity contribution >= 4 is 0 Å². The van der Waals surface area contributed by atoms with Crippen molar-refractivity contribution in [1.29, 1.82) is 0 Å². The number of hydrogen-bond donors (Lipinski definition) is 0. The Balaban J connectivity index is 3.35.